The molecule has 3 N–H and O–H groups in total. The molecular weight excluding hydrogens is 487 g/mol. The number of rotatable bonds is 9. The average Bonchev–Trinajstić information content (AvgIpc) is 2.64. The first kappa shape index (κ1) is 27.1. The summed E-state index contributed by atoms with van der Waals surface area (Å²) < 4.78 is 16.3. The van der Waals surface area contributed by atoms with Crippen LogP contribution in [0.4, 0.5) is 4.79 Å². The number of guanidine groups is 1. The molecule has 0 aliphatic rings. The van der Waals surface area contributed by atoms with Crippen LogP contribution < -0.4 is 25.4 Å². The van der Waals surface area contributed by atoms with Crippen LogP contribution in [0.3, 0.4) is 0 Å². The van der Waals surface area contributed by atoms with Crippen LogP contribution in [0.15, 0.2) is 23.2 Å². The van der Waals surface area contributed by atoms with Crippen molar-refractivity contribution in [1.82, 2.24) is 16.0 Å². The third kappa shape index (κ3) is 11.6. The number of nitrogens with zero attached hydrogens (tertiary/aromatic N) is 1. The quantitative estimate of drug-likeness (QED) is 0.200. The summed E-state index contributed by atoms with van der Waals surface area (Å²) in [4.78, 5) is 15.8. The maximum Gasteiger partial charge on any atom is 0.407 e. The third-order valence-corrected chi connectivity index (χ3v) is 3.46. The monoisotopic (exact) mass is 522 g/mol. The van der Waals surface area contributed by atoms with Gasteiger partial charge in [0.1, 0.15) is 5.60 Å². The SMILES string of the molecule is CCCOc1ccc(CNC(=NC)NCCNC(=O)OC(C)(C)C)cc1OC.I. The lowest BCUT2D eigenvalue weighted by atomic mass is 10.2. The molecule has 0 fully saturated rings. The first-order valence-electron chi connectivity index (χ1n) is 9.50. The van der Waals surface area contributed by atoms with Crippen molar-refractivity contribution in [2.75, 3.05) is 33.9 Å². The summed E-state index contributed by atoms with van der Waals surface area (Å²) in [5, 5.41) is 9.06. The topological polar surface area (TPSA) is 93.2 Å². The standard InChI is InChI=1S/C20H34N4O4.HI/c1-7-12-27-16-9-8-15(13-17(16)26-6)14-24-18(21-5)22-10-11-23-19(25)28-20(2,3)4;/h8-9,13H,7,10-12,14H2,1-6H3,(H,23,25)(H2,21,22,24);1H. The van der Waals surface area contributed by atoms with Crippen LogP contribution in [-0.4, -0.2) is 51.5 Å². The number of nitrogens with one attached hydrogen (secondary N) is 3. The molecule has 0 aliphatic heterocycles. The van der Waals surface area contributed by atoms with E-state index in [0.29, 0.717) is 38.0 Å². The van der Waals surface area contributed by atoms with E-state index in [1.54, 1.807) is 14.2 Å². The molecular formula is C20H35IN4O4. The Morgan fingerprint density at radius 2 is 1.79 bits per heavy atom. The number of amides is 1. The maximum absolute atomic E-state index is 11.6. The first-order chi connectivity index (χ1) is 13.3. The highest BCUT2D eigenvalue weighted by Gasteiger charge is 2.15. The van der Waals surface area contributed by atoms with Crippen LogP contribution in [-0.2, 0) is 11.3 Å². The largest absolute Gasteiger partial charge is 0.493 e. The molecule has 1 aromatic rings. The number of methoxy groups -OCH3 is 1. The Labute approximate surface area is 191 Å². The van der Waals surface area contributed by atoms with E-state index in [0.717, 1.165) is 17.7 Å². The molecule has 0 aliphatic carbocycles. The Morgan fingerprint density at radius 1 is 1.10 bits per heavy atom. The number of halogens is 1. The van der Waals surface area contributed by atoms with Gasteiger partial charge < -0.3 is 30.2 Å². The number of benzene rings is 1. The van der Waals surface area contributed by atoms with E-state index in [1.165, 1.54) is 0 Å². The highest BCUT2D eigenvalue weighted by atomic mass is 127. The molecule has 9 heteroatoms. The smallest absolute Gasteiger partial charge is 0.407 e. The lowest BCUT2D eigenvalue weighted by Crippen LogP contribution is -2.42. The van der Waals surface area contributed by atoms with Crippen molar-refractivity contribution >= 4 is 36.0 Å². The molecule has 0 spiro atoms. The lowest BCUT2D eigenvalue weighted by molar-refractivity contribution is 0.0529. The Kier molecular flexibility index (Phi) is 13.2. The van der Waals surface area contributed by atoms with Crippen LogP contribution in [0.25, 0.3) is 0 Å². The summed E-state index contributed by atoms with van der Waals surface area (Å²) in [5.41, 5.74) is 0.531. The second kappa shape index (κ2) is 14.1. The van der Waals surface area contributed by atoms with Crippen molar-refractivity contribution in [1.29, 1.82) is 0 Å². The Morgan fingerprint density at radius 3 is 2.38 bits per heavy atom. The van der Waals surface area contributed by atoms with Crippen molar-refractivity contribution in [3.05, 3.63) is 23.8 Å². The van der Waals surface area contributed by atoms with E-state index in [-0.39, 0.29) is 24.0 Å². The molecule has 166 valence electrons. The molecule has 1 aromatic carbocycles. The predicted molar refractivity (Wildman–Crippen MR) is 127 cm³/mol. The predicted octanol–water partition coefficient (Wildman–Crippen LogP) is 3.29. The molecule has 0 radical (unpaired) electrons. The van der Waals surface area contributed by atoms with E-state index in [9.17, 15) is 4.79 Å². The fraction of sp³-hybridized carbons (Fsp3) is 0.600. The van der Waals surface area contributed by atoms with Gasteiger partial charge in [-0.05, 0) is 44.9 Å². The van der Waals surface area contributed by atoms with Gasteiger partial charge in [-0.1, -0.05) is 13.0 Å². The molecule has 29 heavy (non-hydrogen) atoms. The van der Waals surface area contributed by atoms with Crippen molar-refractivity contribution in [2.45, 2.75) is 46.3 Å². The van der Waals surface area contributed by atoms with E-state index in [2.05, 4.69) is 27.9 Å². The number of alkyl carbamates (subject to hydrolysis) is 1. The van der Waals surface area contributed by atoms with Crippen LogP contribution in [0.1, 0.15) is 39.7 Å². The summed E-state index contributed by atoms with van der Waals surface area (Å²) >= 11 is 0. The summed E-state index contributed by atoms with van der Waals surface area (Å²) in [6, 6.07) is 5.83. The van der Waals surface area contributed by atoms with E-state index >= 15 is 0 Å². The van der Waals surface area contributed by atoms with Crippen molar-refractivity contribution in [2.24, 2.45) is 4.99 Å². The molecule has 1 rings (SSSR count). The average molecular weight is 522 g/mol. The number of carbonyl (C=O) groups is 1. The lowest BCUT2D eigenvalue weighted by Gasteiger charge is -2.20. The van der Waals surface area contributed by atoms with Gasteiger partial charge >= 0.3 is 6.09 Å². The number of hydrogen-bond acceptors (Lipinski definition) is 5. The van der Waals surface area contributed by atoms with Gasteiger partial charge in [-0.15, -0.1) is 24.0 Å². The number of carbonyl (C=O) groups excluding carboxylic acids is 1. The van der Waals surface area contributed by atoms with Crippen molar-refractivity contribution < 1.29 is 19.0 Å². The van der Waals surface area contributed by atoms with E-state index < -0.39 is 11.7 Å². The fourth-order valence-corrected chi connectivity index (χ4v) is 2.22. The van der Waals surface area contributed by atoms with Gasteiger partial charge in [0, 0.05) is 26.7 Å². The fourth-order valence-electron chi connectivity index (χ4n) is 2.22. The number of ether oxygens (including phenoxy) is 3. The van der Waals surface area contributed by atoms with Gasteiger partial charge in [0.2, 0.25) is 0 Å². The minimum Gasteiger partial charge on any atom is -0.493 e. The summed E-state index contributed by atoms with van der Waals surface area (Å²) in [5.74, 6) is 2.08. The molecule has 0 bridgehead atoms. The molecule has 0 saturated carbocycles. The van der Waals surface area contributed by atoms with Gasteiger partial charge in [0.15, 0.2) is 17.5 Å². The zero-order valence-corrected chi connectivity index (χ0v) is 20.6. The van der Waals surface area contributed by atoms with E-state index in [4.69, 9.17) is 14.2 Å². The molecule has 8 nitrogen and oxygen atoms in total. The van der Waals surface area contributed by atoms with Gasteiger partial charge in [-0.2, -0.15) is 0 Å². The first-order valence-corrected chi connectivity index (χ1v) is 9.50. The summed E-state index contributed by atoms with van der Waals surface area (Å²) in [7, 11) is 3.32. The maximum atomic E-state index is 11.6. The van der Waals surface area contributed by atoms with Crippen molar-refractivity contribution in [3.63, 3.8) is 0 Å². The molecule has 0 atom stereocenters. The highest BCUT2D eigenvalue weighted by molar-refractivity contribution is 14.0. The van der Waals surface area contributed by atoms with Gasteiger partial charge in [0.25, 0.3) is 0 Å². The summed E-state index contributed by atoms with van der Waals surface area (Å²) in [6.45, 7) is 9.72. The minimum absolute atomic E-state index is 0. The van der Waals surface area contributed by atoms with Crippen LogP contribution in [0.5, 0.6) is 11.5 Å². The molecule has 0 saturated heterocycles. The van der Waals surface area contributed by atoms with Gasteiger partial charge in [-0.25, -0.2) is 4.79 Å². The third-order valence-electron chi connectivity index (χ3n) is 3.46. The highest BCUT2D eigenvalue weighted by Crippen LogP contribution is 2.28. The van der Waals surface area contributed by atoms with Gasteiger partial charge in [0.05, 0.1) is 13.7 Å². The van der Waals surface area contributed by atoms with Crippen molar-refractivity contribution in [3.8, 4) is 11.5 Å². The minimum atomic E-state index is -0.507. The Balaban J connectivity index is 0.00000784. The van der Waals surface area contributed by atoms with Crippen LogP contribution in [0.2, 0.25) is 0 Å². The zero-order valence-electron chi connectivity index (χ0n) is 18.3. The number of aliphatic imine (C=N–C) groups is 1. The van der Waals surface area contributed by atoms with Gasteiger partial charge in [-0.3, -0.25) is 4.99 Å². The molecule has 1 amide bonds. The van der Waals surface area contributed by atoms with Crippen LogP contribution >= 0.6 is 24.0 Å². The van der Waals surface area contributed by atoms with Crippen LogP contribution in [0, 0.1) is 0 Å². The second-order valence-electron chi connectivity index (χ2n) is 7.11. The Bertz CT molecular complexity index is 648. The normalized spacial score (nSPS) is 11.2. The molecule has 0 unspecified atom stereocenters. The number of hydrogen-bond donors (Lipinski definition) is 3. The Hall–Kier alpha value is -1.91. The zero-order chi connectivity index (χ0) is 21.0. The second-order valence-corrected chi connectivity index (χ2v) is 7.11. The summed E-state index contributed by atoms with van der Waals surface area (Å²) in [6.07, 6.45) is 0.506. The van der Waals surface area contributed by atoms with E-state index in [1.807, 2.05) is 39.0 Å². The molecule has 0 aromatic heterocycles. The molecule has 0 heterocycles.